The standard InChI is InChI=1S/C13H10N4O3/c1-20-13-5-3-10(7-14-13)16-8-15-11-6-9(17(18)19)2-4-12(11)16/h2-8H,1H3. The Kier molecular flexibility index (Phi) is 2.79. The molecule has 0 aliphatic heterocycles. The first-order valence-corrected chi connectivity index (χ1v) is 5.81. The van der Waals surface area contributed by atoms with Crippen LogP contribution in [0.5, 0.6) is 5.88 Å². The van der Waals surface area contributed by atoms with Crippen molar-refractivity contribution in [3.8, 4) is 11.6 Å². The fourth-order valence-corrected chi connectivity index (χ4v) is 1.96. The van der Waals surface area contributed by atoms with Crippen molar-refractivity contribution in [1.29, 1.82) is 0 Å². The van der Waals surface area contributed by atoms with Gasteiger partial charge in [0.1, 0.15) is 6.33 Å². The molecule has 0 unspecified atom stereocenters. The molecule has 3 rings (SSSR count). The quantitative estimate of drug-likeness (QED) is 0.538. The lowest BCUT2D eigenvalue weighted by atomic mass is 10.2. The summed E-state index contributed by atoms with van der Waals surface area (Å²) >= 11 is 0. The van der Waals surface area contributed by atoms with Gasteiger partial charge in [0.15, 0.2) is 0 Å². The maximum absolute atomic E-state index is 10.7. The second-order valence-corrected chi connectivity index (χ2v) is 4.10. The van der Waals surface area contributed by atoms with Gasteiger partial charge in [0.2, 0.25) is 5.88 Å². The Morgan fingerprint density at radius 1 is 1.25 bits per heavy atom. The summed E-state index contributed by atoms with van der Waals surface area (Å²) in [6.45, 7) is 0. The van der Waals surface area contributed by atoms with Gasteiger partial charge in [-0.1, -0.05) is 0 Å². The Bertz CT molecular complexity index is 780. The monoisotopic (exact) mass is 270 g/mol. The first kappa shape index (κ1) is 12.1. The fourth-order valence-electron chi connectivity index (χ4n) is 1.96. The van der Waals surface area contributed by atoms with E-state index in [9.17, 15) is 10.1 Å². The number of nitrogens with zero attached hydrogens (tertiary/aromatic N) is 4. The first-order valence-electron chi connectivity index (χ1n) is 5.81. The first-order chi connectivity index (χ1) is 9.69. The zero-order chi connectivity index (χ0) is 14.1. The lowest BCUT2D eigenvalue weighted by Gasteiger charge is -2.04. The van der Waals surface area contributed by atoms with E-state index in [1.165, 1.54) is 12.1 Å². The van der Waals surface area contributed by atoms with Crippen molar-refractivity contribution in [2.75, 3.05) is 7.11 Å². The van der Waals surface area contributed by atoms with E-state index in [0.717, 1.165) is 11.2 Å². The number of imidazole rings is 1. The zero-order valence-corrected chi connectivity index (χ0v) is 10.6. The van der Waals surface area contributed by atoms with Gasteiger partial charge in [-0.3, -0.25) is 14.7 Å². The Hall–Kier alpha value is -2.96. The van der Waals surface area contributed by atoms with Crippen LogP contribution in [0.2, 0.25) is 0 Å². The number of benzene rings is 1. The smallest absolute Gasteiger partial charge is 0.271 e. The molecule has 2 aromatic heterocycles. The molecule has 0 aliphatic carbocycles. The van der Waals surface area contributed by atoms with Crippen molar-refractivity contribution in [3.63, 3.8) is 0 Å². The fraction of sp³-hybridized carbons (Fsp3) is 0.0769. The second-order valence-electron chi connectivity index (χ2n) is 4.10. The molecule has 1 aromatic carbocycles. The maximum Gasteiger partial charge on any atom is 0.271 e. The van der Waals surface area contributed by atoms with E-state index in [1.54, 1.807) is 31.8 Å². The molecule has 100 valence electrons. The molecular weight excluding hydrogens is 260 g/mol. The molecule has 2 heterocycles. The van der Waals surface area contributed by atoms with Crippen molar-refractivity contribution < 1.29 is 9.66 Å². The number of pyridine rings is 1. The number of non-ortho nitro benzene ring substituents is 1. The Labute approximate surface area is 113 Å². The molecule has 0 radical (unpaired) electrons. The Balaban J connectivity index is 2.09. The number of hydrogen-bond acceptors (Lipinski definition) is 5. The van der Waals surface area contributed by atoms with Gasteiger partial charge < -0.3 is 4.74 Å². The molecule has 0 saturated carbocycles. The van der Waals surface area contributed by atoms with Crippen LogP contribution < -0.4 is 4.74 Å². The number of ether oxygens (including phenoxy) is 1. The molecule has 0 saturated heterocycles. The van der Waals surface area contributed by atoms with E-state index in [0.29, 0.717) is 11.4 Å². The summed E-state index contributed by atoms with van der Waals surface area (Å²) in [5.41, 5.74) is 2.18. The van der Waals surface area contributed by atoms with Crippen LogP contribution in [0.4, 0.5) is 5.69 Å². The van der Waals surface area contributed by atoms with Crippen LogP contribution in [-0.4, -0.2) is 26.6 Å². The minimum atomic E-state index is -0.437. The van der Waals surface area contributed by atoms with Gasteiger partial charge in [0, 0.05) is 18.2 Å². The molecule has 0 aliphatic rings. The molecule has 0 atom stereocenters. The van der Waals surface area contributed by atoms with Crippen molar-refractivity contribution in [3.05, 3.63) is 53.0 Å². The zero-order valence-electron chi connectivity index (χ0n) is 10.6. The van der Waals surface area contributed by atoms with E-state index in [-0.39, 0.29) is 5.69 Å². The third-order valence-corrected chi connectivity index (χ3v) is 2.95. The third-order valence-electron chi connectivity index (χ3n) is 2.95. The molecule has 7 nitrogen and oxygen atoms in total. The molecule has 0 N–H and O–H groups in total. The molecule has 0 fully saturated rings. The van der Waals surface area contributed by atoms with Gasteiger partial charge in [0.05, 0.1) is 35.0 Å². The van der Waals surface area contributed by atoms with Gasteiger partial charge in [-0.25, -0.2) is 9.97 Å². The summed E-state index contributed by atoms with van der Waals surface area (Å²) < 4.78 is 6.82. The van der Waals surface area contributed by atoms with Crippen LogP contribution in [0.25, 0.3) is 16.7 Å². The minimum absolute atomic E-state index is 0.0237. The van der Waals surface area contributed by atoms with Gasteiger partial charge in [0.25, 0.3) is 5.69 Å². The summed E-state index contributed by atoms with van der Waals surface area (Å²) in [5, 5.41) is 10.7. The van der Waals surface area contributed by atoms with Crippen molar-refractivity contribution in [2.24, 2.45) is 0 Å². The molecule has 0 amide bonds. The van der Waals surface area contributed by atoms with E-state index in [1.807, 2.05) is 10.6 Å². The lowest BCUT2D eigenvalue weighted by molar-refractivity contribution is -0.384. The molecule has 3 aromatic rings. The normalized spacial score (nSPS) is 10.7. The van der Waals surface area contributed by atoms with Crippen LogP contribution in [0.3, 0.4) is 0 Å². The van der Waals surface area contributed by atoms with Crippen molar-refractivity contribution >= 4 is 16.7 Å². The van der Waals surface area contributed by atoms with Gasteiger partial charge >= 0.3 is 0 Å². The Morgan fingerprint density at radius 2 is 2.10 bits per heavy atom. The van der Waals surface area contributed by atoms with E-state index >= 15 is 0 Å². The van der Waals surface area contributed by atoms with Crippen molar-refractivity contribution in [1.82, 2.24) is 14.5 Å². The second kappa shape index (κ2) is 4.61. The number of nitro groups is 1. The van der Waals surface area contributed by atoms with E-state index in [4.69, 9.17) is 4.74 Å². The van der Waals surface area contributed by atoms with Crippen molar-refractivity contribution in [2.45, 2.75) is 0 Å². The van der Waals surface area contributed by atoms with Gasteiger partial charge in [-0.05, 0) is 12.1 Å². The number of nitro benzene ring substituents is 1. The van der Waals surface area contributed by atoms with E-state index in [2.05, 4.69) is 9.97 Å². The third kappa shape index (κ3) is 1.95. The number of methoxy groups -OCH3 is 1. The maximum atomic E-state index is 10.7. The highest BCUT2D eigenvalue weighted by Crippen LogP contribution is 2.22. The number of hydrogen-bond donors (Lipinski definition) is 0. The predicted molar refractivity (Wildman–Crippen MR) is 72.1 cm³/mol. The summed E-state index contributed by atoms with van der Waals surface area (Å²) in [6.07, 6.45) is 3.26. The average molecular weight is 270 g/mol. The topological polar surface area (TPSA) is 83.1 Å². The number of rotatable bonds is 3. The summed E-state index contributed by atoms with van der Waals surface area (Å²) in [7, 11) is 1.55. The van der Waals surface area contributed by atoms with Crippen LogP contribution in [0, 0.1) is 10.1 Å². The molecule has 0 spiro atoms. The van der Waals surface area contributed by atoms with Crippen LogP contribution in [-0.2, 0) is 0 Å². The number of aromatic nitrogens is 3. The molecule has 7 heteroatoms. The van der Waals surface area contributed by atoms with E-state index < -0.39 is 4.92 Å². The summed E-state index contributed by atoms with van der Waals surface area (Å²) in [6, 6.07) is 8.16. The van der Waals surface area contributed by atoms with Gasteiger partial charge in [-0.2, -0.15) is 0 Å². The largest absolute Gasteiger partial charge is 0.481 e. The highest BCUT2D eigenvalue weighted by atomic mass is 16.6. The summed E-state index contributed by atoms with van der Waals surface area (Å²) in [5.74, 6) is 0.522. The number of fused-ring (bicyclic) bond motifs is 1. The predicted octanol–water partition coefficient (Wildman–Crippen LogP) is 2.34. The van der Waals surface area contributed by atoms with Gasteiger partial charge in [-0.15, -0.1) is 0 Å². The summed E-state index contributed by atoms with van der Waals surface area (Å²) in [4.78, 5) is 18.6. The molecule has 0 bridgehead atoms. The Morgan fingerprint density at radius 3 is 2.75 bits per heavy atom. The minimum Gasteiger partial charge on any atom is -0.481 e. The van der Waals surface area contributed by atoms with Crippen LogP contribution in [0.1, 0.15) is 0 Å². The highest BCUT2D eigenvalue weighted by molar-refractivity contribution is 5.79. The highest BCUT2D eigenvalue weighted by Gasteiger charge is 2.10. The SMILES string of the molecule is COc1ccc(-n2cnc3cc([N+](=O)[O-])ccc32)cn1. The average Bonchev–Trinajstić information content (AvgIpc) is 2.90. The van der Waals surface area contributed by atoms with Crippen LogP contribution >= 0.6 is 0 Å². The molecule has 20 heavy (non-hydrogen) atoms. The van der Waals surface area contributed by atoms with Crippen LogP contribution in [0.15, 0.2) is 42.9 Å². The lowest BCUT2D eigenvalue weighted by Crippen LogP contribution is -1.94. The molecular formula is C13H10N4O3.